The molecule has 0 aliphatic carbocycles. The van der Waals surface area contributed by atoms with Crippen molar-refractivity contribution >= 4 is 34.6 Å². The van der Waals surface area contributed by atoms with Crippen molar-refractivity contribution in [2.45, 2.75) is 32.7 Å². The summed E-state index contributed by atoms with van der Waals surface area (Å²) in [6.45, 7) is 2.76. The molecule has 0 radical (unpaired) electrons. The van der Waals surface area contributed by atoms with Crippen LogP contribution >= 0.6 is 0 Å². The molecule has 0 unspecified atom stereocenters. The van der Waals surface area contributed by atoms with Gasteiger partial charge in [-0.3, -0.25) is 0 Å². The highest BCUT2D eigenvalue weighted by Gasteiger charge is 2.14. The van der Waals surface area contributed by atoms with Gasteiger partial charge in [-0.2, -0.15) is 0 Å². The van der Waals surface area contributed by atoms with Gasteiger partial charge in [0.1, 0.15) is 11.6 Å². The van der Waals surface area contributed by atoms with Crippen LogP contribution in [0.3, 0.4) is 0 Å². The predicted molar refractivity (Wildman–Crippen MR) is 157 cm³/mol. The number of nitrogens with zero attached hydrogens (tertiary/aromatic N) is 2. The smallest absolute Gasteiger partial charge is 0.449 e. The molecule has 5 rings (SSSR count). The number of benzene rings is 4. The zero-order valence-electron chi connectivity index (χ0n) is 22.1. The maximum atomic E-state index is 12.6. The highest BCUT2D eigenvalue weighted by molar-refractivity contribution is 6.00. The number of hydrogen-bond donors (Lipinski definition) is 3. The minimum atomic E-state index is -1.35. The topological polar surface area (TPSA) is 105 Å². The van der Waals surface area contributed by atoms with Gasteiger partial charge in [-0.15, -0.1) is 0 Å². The van der Waals surface area contributed by atoms with Crippen LogP contribution in [0.4, 0.5) is 21.0 Å². The predicted octanol–water partition coefficient (Wildman–Crippen LogP) is 7.80. The molecule has 1 heterocycles. The van der Waals surface area contributed by atoms with Crippen LogP contribution in [0.2, 0.25) is 0 Å². The zero-order chi connectivity index (χ0) is 27.9. The third-order valence-corrected chi connectivity index (χ3v) is 6.56. The summed E-state index contributed by atoms with van der Waals surface area (Å²) < 4.78 is 7.15. The van der Waals surface area contributed by atoms with E-state index in [1.165, 1.54) is 0 Å². The van der Waals surface area contributed by atoms with Crippen molar-refractivity contribution < 1.29 is 19.4 Å². The molecule has 202 valence electrons. The lowest BCUT2D eigenvalue weighted by molar-refractivity contribution is 0.144. The quantitative estimate of drug-likeness (QED) is 0.132. The van der Waals surface area contributed by atoms with Gasteiger partial charge >= 0.3 is 12.2 Å². The SMILES string of the molecule is CCCCc1nc2ccc(NC(=O)Nc3ccccc3)cc2n1Cc1ccc(-c2ccccc2OC(=O)O)cc1. The average Bonchev–Trinajstić information content (AvgIpc) is 3.29. The van der Waals surface area contributed by atoms with Gasteiger partial charge in [0.25, 0.3) is 0 Å². The summed E-state index contributed by atoms with van der Waals surface area (Å²) >= 11 is 0. The number of carboxylic acid groups (broad SMARTS) is 1. The highest BCUT2D eigenvalue weighted by Crippen LogP contribution is 2.31. The third kappa shape index (κ3) is 6.30. The Hall–Kier alpha value is -5.11. The molecule has 0 spiro atoms. The van der Waals surface area contributed by atoms with Gasteiger partial charge in [-0.1, -0.05) is 74.0 Å². The Morgan fingerprint density at radius 1 is 0.875 bits per heavy atom. The largest absolute Gasteiger partial charge is 0.511 e. The lowest BCUT2D eigenvalue weighted by atomic mass is 10.0. The van der Waals surface area contributed by atoms with E-state index in [2.05, 4.69) is 22.1 Å². The molecule has 3 N–H and O–H groups in total. The maximum Gasteiger partial charge on any atom is 0.511 e. The number of ether oxygens (including phenoxy) is 1. The van der Waals surface area contributed by atoms with E-state index < -0.39 is 6.16 Å². The molecule has 5 aromatic rings. The molecule has 0 aliphatic rings. The fourth-order valence-electron chi connectivity index (χ4n) is 4.63. The summed E-state index contributed by atoms with van der Waals surface area (Å²) in [5.41, 5.74) is 5.83. The van der Waals surface area contributed by atoms with Crippen LogP contribution in [0.5, 0.6) is 5.75 Å². The molecule has 4 aromatic carbocycles. The molecular weight excluding hydrogens is 504 g/mol. The van der Waals surface area contributed by atoms with Crippen molar-refractivity contribution in [2.24, 2.45) is 0 Å². The van der Waals surface area contributed by atoms with E-state index in [0.717, 1.165) is 47.2 Å². The molecule has 2 amide bonds. The molecule has 8 nitrogen and oxygen atoms in total. The molecule has 0 atom stereocenters. The van der Waals surface area contributed by atoms with Gasteiger partial charge in [0, 0.05) is 29.9 Å². The number of aryl methyl sites for hydroxylation is 1. The number of fused-ring (bicyclic) bond motifs is 1. The fourth-order valence-corrected chi connectivity index (χ4v) is 4.63. The van der Waals surface area contributed by atoms with Crippen LogP contribution in [0.15, 0.2) is 97.1 Å². The number of rotatable bonds is 9. The van der Waals surface area contributed by atoms with E-state index in [0.29, 0.717) is 29.2 Å². The van der Waals surface area contributed by atoms with Gasteiger partial charge in [-0.25, -0.2) is 14.6 Å². The van der Waals surface area contributed by atoms with Gasteiger partial charge < -0.3 is 25.0 Å². The van der Waals surface area contributed by atoms with Gasteiger partial charge in [0.15, 0.2) is 0 Å². The van der Waals surface area contributed by atoms with Crippen molar-refractivity contribution in [2.75, 3.05) is 10.6 Å². The lowest BCUT2D eigenvalue weighted by Gasteiger charge is -2.12. The summed E-state index contributed by atoms with van der Waals surface area (Å²) in [6.07, 6.45) is 1.58. The molecular formula is C32H30N4O4. The second kappa shape index (κ2) is 12.2. The fraction of sp³-hybridized carbons (Fsp3) is 0.156. The summed E-state index contributed by atoms with van der Waals surface area (Å²) in [7, 11) is 0. The third-order valence-electron chi connectivity index (χ3n) is 6.56. The number of carbonyl (C=O) groups is 2. The second-order valence-corrected chi connectivity index (χ2v) is 9.43. The van der Waals surface area contributed by atoms with E-state index in [4.69, 9.17) is 14.8 Å². The molecule has 8 heteroatoms. The number of aromatic nitrogens is 2. The maximum absolute atomic E-state index is 12.6. The molecule has 0 fully saturated rings. The number of hydrogen-bond acceptors (Lipinski definition) is 4. The van der Waals surface area contributed by atoms with E-state index in [1.54, 1.807) is 12.1 Å². The van der Waals surface area contributed by atoms with Crippen LogP contribution in [0.1, 0.15) is 31.2 Å². The van der Waals surface area contributed by atoms with E-state index in [9.17, 15) is 9.59 Å². The number of carbonyl (C=O) groups excluding carboxylic acids is 1. The van der Waals surface area contributed by atoms with E-state index in [-0.39, 0.29) is 6.03 Å². The summed E-state index contributed by atoms with van der Waals surface area (Å²) in [6, 6.07) is 29.8. The second-order valence-electron chi connectivity index (χ2n) is 9.43. The first-order valence-electron chi connectivity index (χ1n) is 13.2. The minimum absolute atomic E-state index is 0.293. The molecule has 40 heavy (non-hydrogen) atoms. The number of urea groups is 1. The highest BCUT2D eigenvalue weighted by atomic mass is 16.7. The number of para-hydroxylation sites is 2. The Labute approximate surface area is 232 Å². The minimum Gasteiger partial charge on any atom is -0.449 e. The van der Waals surface area contributed by atoms with Gasteiger partial charge in [0.05, 0.1) is 11.0 Å². The number of anilines is 2. The monoisotopic (exact) mass is 534 g/mol. The molecule has 0 saturated heterocycles. The van der Waals surface area contributed by atoms with Crippen LogP contribution in [-0.2, 0) is 13.0 Å². The van der Waals surface area contributed by atoms with Crippen LogP contribution < -0.4 is 15.4 Å². The first-order valence-corrected chi connectivity index (χ1v) is 13.2. The Morgan fingerprint density at radius 2 is 1.60 bits per heavy atom. The van der Waals surface area contributed by atoms with Crippen molar-refractivity contribution in [1.82, 2.24) is 9.55 Å². The summed E-state index contributed by atoms with van der Waals surface area (Å²) in [5, 5.41) is 14.8. The Balaban J connectivity index is 1.41. The average molecular weight is 535 g/mol. The Bertz CT molecular complexity index is 1630. The standard InChI is InChI=1S/C32H30N4O4/c1-2-3-13-30-35-27-19-18-25(34-31(37)33-24-9-5-4-6-10-24)20-28(27)36(30)21-22-14-16-23(17-15-22)26-11-7-8-12-29(26)40-32(38)39/h4-12,14-20H,2-3,13,21H2,1H3,(H,38,39)(H2,33,34,37). The summed E-state index contributed by atoms with van der Waals surface area (Å²) in [4.78, 5) is 28.6. The van der Waals surface area contributed by atoms with E-state index in [1.807, 2.05) is 84.9 Å². The van der Waals surface area contributed by atoms with Gasteiger partial charge in [0.2, 0.25) is 0 Å². The zero-order valence-corrected chi connectivity index (χ0v) is 22.1. The van der Waals surface area contributed by atoms with Crippen LogP contribution in [0.25, 0.3) is 22.2 Å². The molecule has 0 saturated carbocycles. The Morgan fingerprint density at radius 3 is 2.35 bits per heavy atom. The van der Waals surface area contributed by atoms with Crippen molar-refractivity contribution in [3.05, 3.63) is 108 Å². The van der Waals surface area contributed by atoms with Crippen LogP contribution in [-0.4, -0.2) is 26.8 Å². The first-order chi connectivity index (χ1) is 19.5. The van der Waals surface area contributed by atoms with Gasteiger partial charge in [-0.05, 0) is 53.9 Å². The molecule has 0 aliphatic heterocycles. The number of imidazole rings is 1. The number of nitrogens with one attached hydrogen (secondary N) is 2. The Kier molecular flexibility index (Phi) is 8.06. The van der Waals surface area contributed by atoms with Crippen molar-refractivity contribution in [3.8, 4) is 16.9 Å². The molecule has 1 aromatic heterocycles. The van der Waals surface area contributed by atoms with Crippen molar-refractivity contribution in [3.63, 3.8) is 0 Å². The number of amides is 2. The lowest BCUT2D eigenvalue weighted by Crippen LogP contribution is -2.19. The number of unbranched alkanes of at least 4 members (excludes halogenated alkanes) is 1. The normalized spacial score (nSPS) is 10.8. The molecule has 0 bridgehead atoms. The van der Waals surface area contributed by atoms with Crippen LogP contribution in [0, 0.1) is 0 Å². The summed E-state index contributed by atoms with van der Waals surface area (Å²) in [5.74, 6) is 1.29. The van der Waals surface area contributed by atoms with Crippen molar-refractivity contribution in [1.29, 1.82) is 0 Å². The first kappa shape index (κ1) is 26.5. The van der Waals surface area contributed by atoms with E-state index >= 15 is 0 Å².